The Hall–Kier alpha value is -1.78. The van der Waals surface area contributed by atoms with Crippen molar-refractivity contribution in [1.29, 1.82) is 0 Å². The summed E-state index contributed by atoms with van der Waals surface area (Å²) in [6, 6.07) is 3.68. The molecule has 0 aliphatic carbocycles. The Bertz CT molecular complexity index is 399. The Kier molecular flexibility index (Phi) is 3.46. The van der Waals surface area contributed by atoms with Gasteiger partial charge in [-0.2, -0.15) is 0 Å². The summed E-state index contributed by atoms with van der Waals surface area (Å²) in [7, 11) is 0. The van der Waals surface area contributed by atoms with Crippen LogP contribution < -0.4 is 10.6 Å². The number of hydrogen-bond acceptors (Lipinski definition) is 4. The number of pyridine rings is 1. The number of piperazine rings is 1. The molecule has 5 nitrogen and oxygen atoms in total. The molecule has 1 aliphatic heterocycles. The average Bonchev–Trinajstić information content (AvgIpc) is 2.39. The molecule has 2 N–H and O–H groups in total. The second-order valence-electron chi connectivity index (χ2n) is 4.14. The zero-order valence-electron chi connectivity index (χ0n) is 10.1. The molecule has 0 radical (unpaired) electrons. The van der Waals surface area contributed by atoms with Crippen LogP contribution in [0.2, 0.25) is 0 Å². The van der Waals surface area contributed by atoms with Gasteiger partial charge in [-0.05, 0) is 12.1 Å². The SMILES string of the molecule is CCC(=O)N1CCN(c2ncccc2N)CC1. The topological polar surface area (TPSA) is 62.5 Å². The third-order valence-electron chi connectivity index (χ3n) is 3.05. The molecule has 1 aliphatic rings. The van der Waals surface area contributed by atoms with Gasteiger partial charge in [-0.3, -0.25) is 4.79 Å². The molecule has 0 unspecified atom stereocenters. The number of nitrogens with zero attached hydrogens (tertiary/aromatic N) is 3. The second kappa shape index (κ2) is 5.03. The first-order valence-corrected chi connectivity index (χ1v) is 5.95. The molecule has 0 atom stereocenters. The van der Waals surface area contributed by atoms with E-state index in [-0.39, 0.29) is 5.91 Å². The fourth-order valence-electron chi connectivity index (χ4n) is 2.06. The quantitative estimate of drug-likeness (QED) is 0.819. The third-order valence-corrected chi connectivity index (χ3v) is 3.05. The van der Waals surface area contributed by atoms with Gasteiger partial charge in [-0.15, -0.1) is 0 Å². The van der Waals surface area contributed by atoms with Crippen molar-refractivity contribution in [3.63, 3.8) is 0 Å². The van der Waals surface area contributed by atoms with Crippen LogP contribution in [0.3, 0.4) is 0 Å². The van der Waals surface area contributed by atoms with Crippen molar-refractivity contribution in [2.75, 3.05) is 36.8 Å². The lowest BCUT2D eigenvalue weighted by Gasteiger charge is -2.35. The predicted octanol–water partition coefficient (Wildman–Crippen LogP) is 0.722. The molecule has 0 bridgehead atoms. The first-order valence-electron chi connectivity index (χ1n) is 5.95. The van der Waals surface area contributed by atoms with Gasteiger partial charge in [0.1, 0.15) is 0 Å². The zero-order valence-corrected chi connectivity index (χ0v) is 10.1. The van der Waals surface area contributed by atoms with E-state index in [0.717, 1.165) is 32.0 Å². The van der Waals surface area contributed by atoms with Crippen molar-refractivity contribution in [2.45, 2.75) is 13.3 Å². The highest BCUT2D eigenvalue weighted by Gasteiger charge is 2.21. The Morgan fingerprint density at radius 3 is 2.71 bits per heavy atom. The van der Waals surface area contributed by atoms with Crippen LogP contribution in [0.5, 0.6) is 0 Å². The summed E-state index contributed by atoms with van der Waals surface area (Å²) in [6.07, 6.45) is 2.32. The molecule has 0 spiro atoms. The molecule has 17 heavy (non-hydrogen) atoms. The molecule has 1 aromatic heterocycles. The zero-order chi connectivity index (χ0) is 12.3. The van der Waals surface area contributed by atoms with Gasteiger partial charge in [-0.1, -0.05) is 6.92 Å². The van der Waals surface area contributed by atoms with Crippen LogP contribution >= 0.6 is 0 Å². The first-order chi connectivity index (χ1) is 8.22. The number of nitrogen functional groups attached to an aromatic ring is 1. The molecular formula is C12H18N4O. The average molecular weight is 234 g/mol. The first kappa shape index (κ1) is 11.7. The molecule has 2 rings (SSSR count). The number of rotatable bonds is 2. The summed E-state index contributed by atoms with van der Waals surface area (Å²) < 4.78 is 0. The summed E-state index contributed by atoms with van der Waals surface area (Å²) in [5.74, 6) is 1.05. The molecule has 2 heterocycles. The number of nitrogens with two attached hydrogens (primary N) is 1. The third kappa shape index (κ3) is 2.49. The number of carbonyl (C=O) groups is 1. The van der Waals surface area contributed by atoms with Crippen LogP contribution in [0, 0.1) is 0 Å². The van der Waals surface area contributed by atoms with E-state index in [2.05, 4.69) is 9.88 Å². The molecule has 0 saturated carbocycles. The highest BCUT2D eigenvalue weighted by Crippen LogP contribution is 2.20. The van der Waals surface area contributed by atoms with Crippen molar-refractivity contribution in [2.24, 2.45) is 0 Å². The number of carbonyl (C=O) groups excluding carboxylic acids is 1. The lowest BCUT2D eigenvalue weighted by Crippen LogP contribution is -2.49. The Morgan fingerprint density at radius 1 is 1.41 bits per heavy atom. The van der Waals surface area contributed by atoms with Gasteiger partial charge in [0.2, 0.25) is 5.91 Å². The maximum Gasteiger partial charge on any atom is 0.222 e. The Morgan fingerprint density at radius 2 is 2.12 bits per heavy atom. The van der Waals surface area contributed by atoms with Gasteiger partial charge < -0.3 is 15.5 Å². The molecule has 0 aromatic carbocycles. The minimum absolute atomic E-state index is 0.221. The van der Waals surface area contributed by atoms with E-state index in [4.69, 9.17) is 5.73 Å². The molecular weight excluding hydrogens is 216 g/mol. The number of hydrogen-bond donors (Lipinski definition) is 1. The largest absolute Gasteiger partial charge is 0.396 e. The van der Waals surface area contributed by atoms with Gasteiger partial charge in [0.05, 0.1) is 5.69 Å². The van der Waals surface area contributed by atoms with Gasteiger partial charge in [-0.25, -0.2) is 4.98 Å². The van der Waals surface area contributed by atoms with Crippen LogP contribution in [0.1, 0.15) is 13.3 Å². The fourth-order valence-corrected chi connectivity index (χ4v) is 2.06. The number of aromatic nitrogens is 1. The van der Waals surface area contributed by atoms with Crippen molar-refractivity contribution in [1.82, 2.24) is 9.88 Å². The van der Waals surface area contributed by atoms with E-state index < -0.39 is 0 Å². The maximum atomic E-state index is 11.5. The van der Waals surface area contributed by atoms with Gasteiger partial charge in [0, 0.05) is 38.8 Å². The predicted molar refractivity (Wildman–Crippen MR) is 67.7 cm³/mol. The highest BCUT2D eigenvalue weighted by atomic mass is 16.2. The lowest BCUT2D eigenvalue weighted by atomic mass is 10.2. The van der Waals surface area contributed by atoms with Gasteiger partial charge in [0.15, 0.2) is 5.82 Å². The van der Waals surface area contributed by atoms with E-state index in [1.807, 2.05) is 24.0 Å². The standard InChI is InChI=1S/C12H18N4O/c1-2-11(17)15-6-8-16(9-7-15)12-10(13)4-3-5-14-12/h3-5H,2,6-9,13H2,1H3. The van der Waals surface area contributed by atoms with Crippen molar-refractivity contribution >= 4 is 17.4 Å². The minimum Gasteiger partial charge on any atom is -0.396 e. The van der Waals surface area contributed by atoms with Crippen LogP contribution in [-0.4, -0.2) is 42.0 Å². The van der Waals surface area contributed by atoms with Crippen LogP contribution in [0.15, 0.2) is 18.3 Å². The monoisotopic (exact) mass is 234 g/mol. The molecule has 1 amide bonds. The van der Waals surface area contributed by atoms with Crippen molar-refractivity contribution in [3.05, 3.63) is 18.3 Å². The Balaban J connectivity index is 2.00. The smallest absolute Gasteiger partial charge is 0.222 e. The van der Waals surface area contributed by atoms with E-state index in [9.17, 15) is 4.79 Å². The summed E-state index contributed by atoms with van der Waals surface area (Å²) >= 11 is 0. The van der Waals surface area contributed by atoms with E-state index in [1.165, 1.54) is 0 Å². The summed E-state index contributed by atoms with van der Waals surface area (Å²) in [4.78, 5) is 19.9. The lowest BCUT2D eigenvalue weighted by molar-refractivity contribution is -0.131. The molecule has 92 valence electrons. The summed E-state index contributed by atoms with van der Waals surface area (Å²) in [5.41, 5.74) is 6.58. The van der Waals surface area contributed by atoms with Crippen molar-refractivity contribution < 1.29 is 4.79 Å². The van der Waals surface area contributed by atoms with Gasteiger partial charge in [0.25, 0.3) is 0 Å². The highest BCUT2D eigenvalue weighted by molar-refractivity contribution is 5.76. The normalized spacial score (nSPS) is 16.1. The van der Waals surface area contributed by atoms with E-state index >= 15 is 0 Å². The fraction of sp³-hybridized carbons (Fsp3) is 0.500. The van der Waals surface area contributed by atoms with Crippen molar-refractivity contribution in [3.8, 4) is 0 Å². The summed E-state index contributed by atoms with van der Waals surface area (Å²) in [6.45, 7) is 5.00. The Labute approximate surface area is 101 Å². The summed E-state index contributed by atoms with van der Waals surface area (Å²) in [5, 5.41) is 0. The molecule has 1 aromatic rings. The van der Waals surface area contributed by atoms with E-state index in [0.29, 0.717) is 12.1 Å². The number of amides is 1. The number of anilines is 2. The van der Waals surface area contributed by atoms with Gasteiger partial charge >= 0.3 is 0 Å². The second-order valence-corrected chi connectivity index (χ2v) is 4.14. The van der Waals surface area contributed by atoms with Crippen LogP contribution in [-0.2, 0) is 4.79 Å². The maximum absolute atomic E-state index is 11.5. The molecule has 1 fully saturated rings. The molecule has 1 saturated heterocycles. The minimum atomic E-state index is 0.221. The van der Waals surface area contributed by atoms with E-state index in [1.54, 1.807) is 6.20 Å². The molecule has 5 heteroatoms. The van der Waals surface area contributed by atoms with Crippen LogP contribution in [0.25, 0.3) is 0 Å². The van der Waals surface area contributed by atoms with Crippen LogP contribution in [0.4, 0.5) is 11.5 Å².